The van der Waals surface area contributed by atoms with Crippen LogP contribution in [0.25, 0.3) is 16.8 Å². The molecule has 0 amide bonds. The van der Waals surface area contributed by atoms with Gasteiger partial charge >= 0.3 is 0 Å². The predicted octanol–water partition coefficient (Wildman–Crippen LogP) is 4.61. The molecule has 1 aliphatic heterocycles. The summed E-state index contributed by atoms with van der Waals surface area (Å²) in [5.41, 5.74) is 10.6. The van der Waals surface area contributed by atoms with Gasteiger partial charge in [0.05, 0.1) is 25.1 Å². The van der Waals surface area contributed by atoms with Gasteiger partial charge in [0.25, 0.3) is 0 Å². The van der Waals surface area contributed by atoms with Gasteiger partial charge in [-0.3, -0.25) is 4.98 Å². The minimum Gasteiger partial charge on any atom is -0.490 e. The molecule has 2 heterocycles. The molecule has 1 aromatic heterocycles. The summed E-state index contributed by atoms with van der Waals surface area (Å²) < 4.78 is 11.7. The summed E-state index contributed by atoms with van der Waals surface area (Å²) >= 11 is 0. The molecule has 2 aromatic carbocycles. The molecule has 0 saturated carbocycles. The second kappa shape index (κ2) is 7.19. The van der Waals surface area contributed by atoms with Gasteiger partial charge < -0.3 is 20.1 Å². The first-order valence-electron chi connectivity index (χ1n) is 9.21. The Labute approximate surface area is 159 Å². The normalized spacial score (nSPS) is 12.9. The molecule has 5 nitrogen and oxygen atoms in total. The fourth-order valence-corrected chi connectivity index (χ4v) is 3.52. The molecule has 0 saturated heterocycles. The smallest absolute Gasteiger partial charge is 0.169 e. The first-order valence-corrected chi connectivity index (χ1v) is 9.21. The number of aromatic nitrogens is 1. The van der Waals surface area contributed by atoms with Crippen molar-refractivity contribution in [1.29, 1.82) is 0 Å². The number of nitrogens with zero attached hydrogens (tertiary/aromatic N) is 2. The molecular weight excluding hydrogens is 338 g/mol. The Hall–Kier alpha value is -3.21. The highest BCUT2D eigenvalue weighted by molar-refractivity contribution is 6.03. The molecule has 0 unspecified atom stereocenters. The lowest BCUT2D eigenvalue weighted by atomic mass is 9.95. The summed E-state index contributed by atoms with van der Waals surface area (Å²) in [5.74, 6) is 1.51. The van der Waals surface area contributed by atoms with E-state index in [-0.39, 0.29) is 0 Å². The molecule has 138 valence electrons. The SMILES string of the molecule is CCOc1ccc2c(N)c3c(cc2c1OCC)CN(c1cccnc1)C=C3. The highest BCUT2D eigenvalue weighted by Gasteiger charge is 2.20. The van der Waals surface area contributed by atoms with Crippen LogP contribution in [0.1, 0.15) is 25.0 Å². The van der Waals surface area contributed by atoms with E-state index in [0.717, 1.165) is 51.3 Å². The van der Waals surface area contributed by atoms with E-state index in [0.29, 0.717) is 13.2 Å². The maximum absolute atomic E-state index is 6.53. The van der Waals surface area contributed by atoms with Crippen LogP contribution >= 0.6 is 0 Å². The largest absolute Gasteiger partial charge is 0.490 e. The summed E-state index contributed by atoms with van der Waals surface area (Å²) in [6.45, 7) is 5.82. The summed E-state index contributed by atoms with van der Waals surface area (Å²) in [7, 11) is 0. The molecule has 0 spiro atoms. The van der Waals surface area contributed by atoms with Gasteiger partial charge in [0, 0.05) is 41.0 Å². The van der Waals surface area contributed by atoms with Crippen LogP contribution in [-0.2, 0) is 6.54 Å². The lowest BCUT2D eigenvalue weighted by Gasteiger charge is -2.27. The molecule has 27 heavy (non-hydrogen) atoms. The fourth-order valence-electron chi connectivity index (χ4n) is 3.52. The van der Waals surface area contributed by atoms with Crippen LogP contribution in [0.15, 0.2) is 48.9 Å². The van der Waals surface area contributed by atoms with Crippen molar-refractivity contribution in [2.45, 2.75) is 20.4 Å². The Kier molecular flexibility index (Phi) is 4.59. The zero-order valence-electron chi connectivity index (χ0n) is 15.6. The second-order valence-corrected chi connectivity index (χ2v) is 6.37. The number of pyridine rings is 1. The number of hydrogen-bond donors (Lipinski definition) is 1. The monoisotopic (exact) mass is 361 g/mol. The number of fused-ring (bicyclic) bond motifs is 2. The third-order valence-corrected chi connectivity index (χ3v) is 4.73. The number of anilines is 2. The summed E-state index contributed by atoms with van der Waals surface area (Å²) in [4.78, 5) is 6.38. The number of benzene rings is 2. The van der Waals surface area contributed by atoms with Gasteiger partial charge in [-0.1, -0.05) is 0 Å². The quantitative estimate of drug-likeness (QED) is 0.673. The fraction of sp³-hybridized carbons (Fsp3) is 0.227. The summed E-state index contributed by atoms with van der Waals surface area (Å²) in [6.07, 6.45) is 7.76. The van der Waals surface area contributed by atoms with E-state index >= 15 is 0 Å². The molecule has 1 aliphatic rings. The topological polar surface area (TPSA) is 60.6 Å². The van der Waals surface area contributed by atoms with E-state index < -0.39 is 0 Å². The van der Waals surface area contributed by atoms with Crippen LogP contribution in [-0.4, -0.2) is 18.2 Å². The van der Waals surface area contributed by atoms with Crippen molar-refractivity contribution in [2.75, 3.05) is 23.8 Å². The molecule has 5 heteroatoms. The number of nitrogen functional groups attached to an aromatic ring is 1. The first-order chi connectivity index (χ1) is 13.2. The van der Waals surface area contributed by atoms with Crippen molar-refractivity contribution < 1.29 is 9.47 Å². The van der Waals surface area contributed by atoms with E-state index in [9.17, 15) is 0 Å². The average Bonchev–Trinajstić information content (AvgIpc) is 2.70. The first kappa shape index (κ1) is 17.2. The molecule has 0 bridgehead atoms. The van der Waals surface area contributed by atoms with Gasteiger partial charge in [-0.25, -0.2) is 0 Å². The van der Waals surface area contributed by atoms with Crippen LogP contribution in [0.4, 0.5) is 11.4 Å². The van der Waals surface area contributed by atoms with Gasteiger partial charge in [-0.05, 0) is 55.8 Å². The third-order valence-electron chi connectivity index (χ3n) is 4.73. The second-order valence-electron chi connectivity index (χ2n) is 6.37. The maximum Gasteiger partial charge on any atom is 0.169 e. The molecule has 2 N–H and O–H groups in total. The molecule has 0 aliphatic carbocycles. The van der Waals surface area contributed by atoms with Crippen LogP contribution in [0.5, 0.6) is 11.5 Å². The molecule has 3 aromatic rings. The zero-order chi connectivity index (χ0) is 18.8. The highest BCUT2D eigenvalue weighted by Crippen LogP contribution is 2.42. The number of ether oxygens (including phenoxy) is 2. The third kappa shape index (κ3) is 3.05. The van der Waals surface area contributed by atoms with E-state index in [1.165, 1.54) is 0 Å². The minimum absolute atomic E-state index is 0.567. The van der Waals surface area contributed by atoms with Crippen LogP contribution in [0.3, 0.4) is 0 Å². The van der Waals surface area contributed by atoms with Crippen molar-refractivity contribution in [2.24, 2.45) is 0 Å². The molecule has 0 fully saturated rings. The minimum atomic E-state index is 0.567. The van der Waals surface area contributed by atoms with Crippen molar-refractivity contribution in [1.82, 2.24) is 4.98 Å². The Morgan fingerprint density at radius 3 is 2.70 bits per heavy atom. The Morgan fingerprint density at radius 1 is 1.11 bits per heavy atom. The summed E-state index contributed by atoms with van der Waals surface area (Å²) in [6, 6.07) is 10.1. The van der Waals surface area contributed by atoms with Gasteiger partial charge in [0.15, 0.2) is 11.5 Å². The van der Waals surface area contributed by atoms with Gasteiger partial charge in [0.1, 0.15) is 0 Å². The van der Waals surface area contributed by atoms with Crippen LogP contribution in [0, 0.1) is 0 Å². The highest BCUT2D eigenvalue weighted by atomic mass is 16.5. The molecule has 0 atom stereocenters. The average molecular weight is 361 g/mol. The van der Waals surface area contributed by atoms with Crippen LogP contribution < -0.4 is 20.1 Å². The van der Waals surface area contributed by atoms with Gasteiger partial charge in [-0.15, -0.1) is 0 Å². The lowest BCUT2D eigenvalue weighted by Crippen LogP contribution is -2.19. The van der Waals surface area contributed by atoms with E-state index in [1.807, 2.05) is 44.3 Å². The zero-order valence-corrected chi connectivity index (χ0v) is 15.6. The number of nitrogens with two attached hydrogens (primary N) is 1. The molecule has 0 radical (unpaired) electrons. The standard InChI is InChI=1S/C22H23N3O2/c1-3-26-20-8-7-18-19(22(20)27-4-2)12-15-14-25(11-9-17(15)21(18)23)16-6-5-10-24-13-16/h5-13H,3-4,14,23H2,1-2H3. The van der Waals surface area contributed by atoms with Gasteiger partial charge in [-0.2, -0.15) is 0 Å². The molecule has 4 rings (SSSR count). The van der Waals surface area contributed by atoms with E-state index in [1.54, 1.807) is 6.20 Å². The number of rotatable bonds is 5. The maximum atomic E-state index is 6.53. The Bertz CT molecular complexity index is 1000. The predicted molar refractivity (Wildman–Crippen MR) is 110 cm³/mol. The lowest BCUT2D eigenvalue weighted by molar-refractivity contribution is 0.291. The van der Waals surface area contributed by atoms with Crippen molar-refractivity contribution in [3.8, 4) is 11.5 Å². The van der Waals surface area contributed by atoms with E-state index in [2.05, 4.69) is 28.2 Å². The van der Waals surface area contributed by atoms with E-state index in [4.69, 9.17) is 15.2 Å². The Morgan fingerprint density at radius 2 is 1.96 bits per heavy atom. The number of hydrogen-bond acceptors (Lipinski definition) is 5. The van der Waals surface area contributed by atoms with Crippen molar-refractivity contribution in [3.05, 3.63) is 60.1 Å². The molecular formula is C22H23N3O2. The Balaban J connectivity index is 1.85. The summed E-state index contributed by atoms with van der Waals surface area (Å²) in [5, 5.41) is 1.97. The van der Waals surface area contributed by atoms with Crippen molar-refractivity contribution in [3.63, 3.8) is 0 Å². The van der Waals surface area contributed by atoms with Crippen molar-refractivity contribution >= 4 is 28.2 Å². The van der Waals surface area contributed by atoms with Gasteiger partial charge in [0.2, 0.25) is 0 Å². The van der Waals surface area contributed by atoms with Crippen LogP contribution in [0.2, 0.25) is 0 Å².